The third-order valence-corrected chi connectivity index (χ3v) is 3.45. The first-order chi connectivity index (χ1) is 9.60. The number of nitrogens with one attached hydrogen (secondary N) is 1. The van der Waals surface area contributed by atoms with Crippen molar-refractivity contribution >= 4 is 5.91 Å². The topological polar surface area (TPSA) is 78.4 Å². The summed E-state index contributed by atoms with van der Waals surface area (Å²) >= 11 is 0. The summed E-state index contributed by atoms with van der Waals surface area (Å²) in [7, 11) is 0. The highest BCUT2D eigenvalue weighted by Gasteiger charge is 2.20. The molecule has 1 fully saturated rings. The van der Waals surface area contributed by atoms with Gasteiger partial charge < -0.3 is 4.90 Å². The van der Waals surface area contributed by atoms with E-state index in [4.69, 9.17) is 0 Å². The molecule has 7 nitrogen and oxygen atoms in total. The Morgan fingerprint density at radius 3 is 2.55 bits per heavy atom. The fourth-order valence-corrected chi connectivity index (χ4v) is 2.35. The normalized spacial score (nSPS) is 16.4. The lowest BCUT2D eigenvalue weighted by Crippen LogP contribution is -2.50. The maximum absolute atomic E-state index is 12.1. The van der Waals surface area contributed by atoms with Gasteiger partial charge in [-0.2, -0.15) is 0 Å². The average Bonchev–Trinajstić information content (AvgIpc) is 2.44. The number of hydrogen-bond acceptors (Lipinski definition) is 4. The number of aromatic nitrogens is 2. The highest BCUT2D eigenvalue weighted by atomic mass is 16.2. The lowest BCUT2D eigenvalue weighted by atomic mass is 10.3. The van der Waals surface area contributed by atoms with E-state index >= 15 is 0 Å². The number of hydrogen-bond donors (Lipinski definition) is 1. The molecule has 0 unspecified atom stereocenters. The zero-order valence-corrected chi connectivity index (χ0v) is 11.7. The van der Waals surface area contributed by atoms with Crippen molar-refractivity contribution in [1.82, 2.24) is 19.6 Å². The molecule has 1 aromatic rings. The molecule has 0 spiro atoms. The number of rotatable bonds is 4. The molecule has 2 heterocycles. The van der Waals surface area contributed by atoms with Gasteiger partial charge in [0.05, 0.1) is 0 Å². The maximum atomic E-state index is 12.1. The summed E-state index contributed by atoms with van der Waals surface area (Å²) in [6.45, 7) is 6.14. The second-order valence-corrected chi connectivity index (χ2v) is 4.96. The van der Waals surface area contributed by atoms with E-state index in [9.17, 15) is 14.4 Å². The van der Waals surface area contributed by atoms with E-state index in [1.165, 1.54) is 6.07 Å². The third-order valence-electron chi connectivity index (χ3n) is 3.45. The molecule has 7 heteroatoms. The molecule has 1 saturated heterocycles. The van der Waals surface area contributed by atoms with Gasteiger partial charge in [0, 0.05) is 38.3 Å². The second-order valence-electron chi connectivity index (χ2n) is 4.96. The standard InChI is InChI=1S/C13H20N4O3/c1-2-5-15-6-8-16(9-7-15)13(20)10-17-12(19)4-3-11(18)14-17/h3-4H,2,5-10H2,1H3,(H,14,18). The Labute approximate surface area is 116 Å². The minimum atomic E-state index is -0.384. The zero-order valence-electron chi connectivity index (χ0n) is 11.7. The van der Waals surface area contributed by atoms with Crippen LogP contribution in [0.4, 0.5) is 0 Å². The fraction of sp³-hybridized carbons (Fsp3) is 0.615. The predicted octanol–water partition coefficient (Wildman–Crippen LogP) is -0.909. The van der Waals surface area contributed by atoms with Crippen molar-refractivity contribution < 1.29 is 4.79 Å². The third kappa shape index (κ3) is 3.57. The van der Waals surface area contributed by atoms with Gasteiger partial charge in [-0.05, 0) is 13.0 Å². The molecule has 1 amide bonds. The van der Waals surface area contributed by atoms with Crippen LogP contribution in [0.1, 0.15) is 13.3 Å². The molecule has 0 aliphatic carbocycles. The smallest absolute Gasteiger partial charge is 0.265 e. The van der Waals surface area contributed by atoms with Crippen LogP contribution in [-0.4, -0.2) is 58.2 Å². The van der Waals surface area contributed by atoms with Gasteiger partial charge in [-0.15, -0.1) is 0 Å². The van der Waals surface area contributed by atoms with Crippen molar-refractivity contribution in [2.45, 2.75) is 19.9 Å². The largest absolute Gasteiger partial charge is 0.339 e. The summed E-state index contributed by atoms with van der Waals surface area (Å²) in [6.07, 6.45) is 1.11. The van der Waals surface area contributed by atoms with E-state index in [1.807, 2.05) is 0 Å². The van der Waals surface area contributed by atoms with Crippen molar-refractivity contribution in [3.8, 4) is 0 Å². The number of carbonyl (C=O) groups excluding carboxylic acids is 1. The van der Waals surface area contributed by atoms with Crippen molar-refractivity contribution in [2.75, 3.05) is 32.7 Å². The molecule has 1 N–H and O–H groups in total. The number of piperazine rings is 1. The van der Waals surface area contributed by atoms with Gasteiger partial charge in [-0.1, -0.05) is 6.92 Å². The first-order valence-corrected chi connectivity index (χ1v) is 6.90. The predicted molar refractivity (Wildman–Crippen MR) is 74.6 cm³/mol. The van der Waals surface area contributed by atoms with Crippen LogP contribution in [0, 0.1) is 0 Å². The maximum Gasteiger partial charge on any atom is 0.265 e. The summed E-state index contributed by atoms with van der Waals surface area (Å²) in [6, 6.07) is 2.33. The SMILES string of the molecule is CCCN1CCN(C(=O)Cn2[nH]c(=O)ccc2=O)CC1. The van der Waals surface area contributed by atoms with E-state index in [1.54, 1.807) is 4.90 Å². The van der Waals surface area contributed by atoms with Crippen molar-refractivity contribution in [1.29, 1.82) is 0 Å². The molecule has 0 saturated carbocycles. The zero-order chi connectivity index (χ0) is 14.5. The molecule has 20 heavy (non-hydrogen) atoms. The van der Waals surface area contributed by atoms with Crippen LogP contribution in [0.2, 0.25) is 0 Å². The van der Waals surface area contributed by atoms with Crippen LogP contribution in [0.3, 0.4) is 0 Å². The van der Waals surface area contributed by atoms with Gasteiger partial charge in [0.15, 0.2) is 0 Å². The number of H-pyrrole nitrogens is 1. The molecule has 0 radical (unpaired) electrons. The van der Waals surface area contributed by atoms with Crippen LogP contribution < -0.4 is 11.1 Å². The van der Waals surface area contributed by atoms with Crippen molar-refractivity contribution in [3.05, 3.63) is 32.8 Å². The van der Waals surface area contributed by atoms with Crippen molar-refractivity contribution in [3.63, 3.8) is 0 Å². The number of amides is 1. The van der Waals surface area contributed by atoms with Crippen LogP contribution >= 0.6 is 0 Å². The molecule has 2 rings (SSSR count). The van der Waals surface area contributed by atoms with Crippen molar-refractivity contribution in [2.24, 2.45) is 0 Å². The fourth-order valence-electron chi connectivity index (χ4n) is 2.35. The van der Waals surface area contributed by atoms with Crippen LogP contribution in [0.5, 0.6) is 0 Å². The molecular formula is C13H20N4O3. The Morgan fingerprint density at radius 1 is 1.20 bits per heavy atom. The lowest BCUT2D eigenvalue weighted by Gasteiger charge is -2.34. The summed E-state index contributed by atoms with van der Waals surface area (Å²) in [5, 5.41) is 2.37. The number of nitrogens with zero attached hydrogens (tertiary/aromatic N) is 3. The minimum absolute atomic E-state index is 0.108. The molecule has 110 valence electrons. The highest BCUT2D eigenvalue weighted by molar-refractivity contribution is 5.76. The monoisotopic (exact) mass is 280 g/mol. The molecule has 0 aromatic carbocycles. The Bertz CT molecular complexity index is 569. The highest BCUT2D eigenvalue weighted by Crippen LogP contribution is 2.03. The second kappa shape index (κ2) is 6.51. The van der Waals surface area contributed by atoms with Gasteiger partial charge in [0.25, 0.3) is 11.1 Å². The molecule has 1 aromatic heterocycles. The van der Waals surface area contributed by atoms with Gasteiger partial charge in [0.2, 0.25) is 5.91 Å². The molecule has 0 bridgehead atoms. The van der Waals surface area contributed by atoms with Crippen LogP contribution in [0.25, 0.3) is 0 Å². The first kappa shape index (κ1) is 14.5. The Balaban J connectivity index is 1.94. The molecule has 0 atom stereocenters. The van der Waals surface area contributed by atoms with Crippen LogP contribution in [-0.2, 0) is 11.3 Å². The molecular weight excluding hydrogens is 260 g/mol. The molecule has 1 aliphatic rings. The van der Waals surface area contributed by atoms with Gasteiger partial charge in [-0.3, -0.25) is 24.4 Å². The van der Waals surface area contributed by atoms with Gasteiger partial charge in [-0.25, -0.2) is 4.68 Å². The average molecular weight is 280 g/mol. The molecule has 1 aliphatic heterocycles. The quantitative estimate of drug-likeness (QED) is 0.774. The van der Waals surface area contributed by atoms with E-state index in [-0.39, 0.29) is 23.6 Å². The number of aromatic amines is 1. The van der Waals surface area contributed by atoms with E-state index in [0.717, 1.165) is 36.8 Å². The Kier molecular flexibility index (Phi) is 4.73. The van der Waals surface area contributed by atoms with Gasteiger partial charge >= 0.3 is 0 Å². The minimum Gasteiger partial charge on any atom is -0.339 e. The van der Waals surface area contributed by atoms with Crippen LogP contribution in [0.15, 0.2) is 21.7 Å². The lowest BCUT2D eigenvalue weighted by molar-refractivity contribution is -0.133. The van der Waals surface area contributed by atoms with Gasteiger partial charge in [0.1, 0.15) is 6.54 Å². The summed E-state index contributed by atoms with van der Waals surface area (Å²) in [5.74, 6) is -0.134. The van der Waals surface area contributed by atoms with E-state index < -0.39 is 0 Å². The van der Waals surface area contributed by atoms with E-state index in [2.05, 4.69) is 16.9 Å². The Morgan fingerprint density at radius 2 is 1.90 bits per heavy atom. The number of carbonyl (C=O) groups is 1. The summed E-state index contributed by atoms with van der Waals surface area (Å²) in [4.78, 5) is 38.9. The summed E-state index contributed by atoms with van der Waals surface area (Å²) in [5.41, 5.74) is -0.757. The van der Waals surface area contributed by atoms with E-state index in [0.29, 0.717) is 13.1 Å². The first-order valence-electron chi connectivity index (χ1n) is 6.90. The summed E-state index contributed by atoms with van der Waals surface area (Å²) < 4.78 is 1.06. The Hall–Kier alpha value is -1.89.